The molecule has 23 nitrogen and oxygen atoms in total. The molecule has 0 aliphatic carbocycles. The molecule has 5 heterocycles. The molecule has 102 heavy (non-hydrogen) atoms. The van der Waals surface area contributed by atoms with Crippen molar-refractivity contribution in [1.29, 1.82) is 0 Å². The van der Waals surface area contributed by atoms with Crippen LogP contribution in [0.15, 0.2) is 191 Å². The highest BCUT2D eigenvalue weighted by Crippen LogP contribution is 2.58. The lowest BCUT2D eigenvalue weighted by Gasteiger charge is -2.44. The summed E-state index contributed by atoms with van der Waals surface area (Å²) in [5.74, 6) is -1.71. The molecule has 0 bridgehead atoms. The average Bonchev–Trinajstić information content (AvgIpc) is 1.53. The van der Waals surface area contributed by atoms with E-state index in [0.717, 1.165) is 124 Å². The molecule has 0 radical (unpaired) electrons. The number of hydrogen-bond acceptors (Lipinski definition) is 13. The van der Waals surface area contributed by atoms with E-state index in [-0.39, 0.29) is 49.2 Å². The van der Waals surface area contributed by atoms with Gasteiger partial charge in [0.1, 0.15) is 17.9 Å². The first-order chi connectivity index (χ1) is 48.0. The Bertz CT molecular complexity index is 4930. The standard InChI is InChI=1S/C42H40N4O9S.C35H43N3O7S/c1-41(2)33-12-8-9-13-34(33)43(26-27-22-29(44(49)50)25-30(23-27)45(51)52)37(41)15-6-5-7-16-38-42(3,4)39-32-19-18-31(56(53,54)55)24-28(32)17-20-35(39)46(38)21-11-10-14-36(46)40(47)48;1-6-7-21-36-29-19-17-25(38(41)42)23-27(29)34(2,3)31(36)14-10-8-11-15-32-35(4,5)28-24-26(46(43,44)45)18-20-30(28)37(32)22-13-9-12-16-33(39)40/h5-9,12-13,15-20,22-25,36H,10-11,14,21,26H2,1-4H3;8,10-11,14-15,17-20,23-24H,6-7,9,12-13,16,21-22H2,1-5H3,(H-,39,40,43,44,45)/p+3/b7-5+,15-6+,38-16+;. The summed E-state index contributed by atoms with van der Waals surface area (Å²) in [4.78, 5) is 59.1. The second-order valence-electron chi connectivity index (χ2n) is 28.6. The zero-order valence-corrected chi connectivity index (χ0v) is 60.2. The van der Waals surface area contributed by atoms with Gasteiger partial charge in [0.05, 0.1) is 53.4 Å². The number of rotatable bonds is 23. The Morgan fingerprint density at radius 3 is 1.84 bits per heavy atom. The van der Waals surface area contributed by atoms with E-state index >= 15 is 0 Å². The summed E-state index contributed by atoms with van der Waals surface area (Å²) in [6.07, 6.45) is 25.8. The molecule has 2 atom stereocenters. The molecule has 1 spiro atoms. The van der Waals surface area contributed by atoms with Crippen molar-refractivity contribution in [1.82, 2.24) is 4.48 Å². The molecule has 0 amide bonds. The van der Waals surface area contributed by atoms with Gasteiger partial charge in [0, 0.05) is 119 Å². The first kappa shape index (κ1) is 74.8. The fourth-order valence-corrected chi connectivity index (χ4v) is 16.8. The summed E-state index contributed by atoms with van der Waals surface area (Å²) in [6, 6.07) is 28.7. The number of hydrogen-bond donors (Lipinski definition) is 4. The van der Waals surface area contributed by atoms with Crippen molar-refractivity contribution in [3.05, 3.63) is 240 Å². The fraction of sp³-hybridized carbons (Fsp3) is 0.351. The van der Waals surface area contributed by atoms with Gasteiger partial charge in [-0.25, -0.2) is 9.28 Å². The number of nitro benzene ring substituents is 3. The van der Waals surface area contributed by atoms with Crippen LogP contribution in [-0.4, -0.2) is 109 Å². The van der Waals surface area contributed by atoms with Crippen LogP contribution in [-0.2, 0) is 58.0 Å². The largest absolute Gasteiger partial charge is 0.481 e. The van der Waals surface area contributed by atoms with Crippen LogP contribution in [0.2, 0.25) is 0 Å². The summed E-state index contributed by atoms with van der Waals surface area (Å²) < 4.78 is 71.6. The van der Waals surface area contributed by atoms with Crippen molar-refractivity contribution < 1.29 is 69.7 Å². The third-order valence-electron chi connectivity index (χ3n) is 20.7. The number of piperidine rings is 1. The van der Waals surface area contributed by atoms with Crippen LogP contribution in [0.5, 0.6) is 0 Å². The van der Waals surface area contributed by atoms with Crippen LogP contribution in [0.4, 0.5) is 39.8 Å². The van der Waals surface area contributed by atoms with Crippen LogP contribution in [0.25, 0.3) is 10.8 Å². The number of aliphatic carboxylic acids is 2. The first-order valence-corrected chi connectivity index (χ1v) is 36.9. The minimum atomic E-state index is -4.43. The third kappa shape index (κ3) is 14.4. The Morgan fingerprint density at radius 1 is 0.608 bits per heavy atom. The molecule has 0 saturated carbocycles. The van der Waals surface area contributed by atoms with Crippen LogP contribution in [0.1, 0.15) is 148 Å². The highest BCUT2D eigenvalue weighted by Gasteiger charge is 2.61. The number of nitro groups is 3. The van der Waals surface area contributed by atoms with Gasteiger partial charge in [-0.2, -0.15) is 26.0 Å². The van der Waals surface area contributed by atoms with Gasteiger partial charge in [-0.1, -0.05) is 87.9 Å². The van der Waals surface area contributed by atoms with Gasteiger partial charge in [-0.15, -0.1) is 0 Å². The zero-order valence-electron chi connectivity index (χ0n) is 58.6. The number of anilines is 1. The molecule has 1 fully saturated rings. The predicted molar refractivity (Wildman–Crippen MR) is 393 cm³/mol. The van der Waals surface area contributed by atoms with Crippen molar-refractivity contribution in [2.24, 2.45) is 0 Å². The topological polar surface area (TPSA) is 322 Å². The molecule has 6 aromatic rings. The number of benzene rings is 6. The second kappa shape index (κ2) is 28.8. The van der Waals surface area contributed by atoms with E-state index in [4.69, 9.17) is 5.11 Å². The zero-order chi connectivity index (χ0) is 74.2. The smallest absolute Gasteiger partial charge is 0.363 e. The minimum Gasteiger partial charge on any atom is -0.481 e. The highest BCUT2D eigenvalue weighted by atomic mass is 32.2. The van der Waals surface area contributed by atoms with Gasteiger partial charge >= 0.3 is 11.9 Å². The van der Waals surface area contributed by atoms with Crippen molar-refractivity contribution in [2.45, 2.75) is 164 Å². The maximum Gasteiger partial charge on any atom is 0.363 e. The Balaban J connectivity index is 0.000000224. The Kier molecular flexibility index (Phi) is 21.1. The number of carbonyl (C=O) groups is 2. The number of nitrogens with zero attached hydrogens (tertiary/aromatic N) is 7. The summed E-state index contributed by atoms with van der Waals surface area (Å²) in [7, 11) is -8.81. The summed E-state index contributed by atoms with van der Waals surface area (Å²) in [5.41, 5.74) is 8.64. The number of carboxylic acids is 2. The molecular weight excluding hydrogens is 1340 g/mol. The third-order valence-corrected chi connectivity index (χ3v) is 22.4. The van der Waals surface area contributed by atoms with Crippen molar-refractivity contribution in [2.75, 3.05) is 24.5 Å². The number of unbranched alkanes of at least 4 members (excludes halogenated alkanes) is 3. The summed E-state index contributed by atoms with van der Waals surface area (Å²) in [6.45, 7) is 20.7. The van der Waals surface area contributed by atoms with E-state index in [1.165, 1.54) is 36.4 Å². The highest BCUT2D eigenvalue weighted by molar-refractivity contribution is 7.86. The molecule has 6 aromatic carbocycles. The molecule has 4 N–H and O–H groups in total. The number of fused-ring (bicyclic) bond motifs is 7. The van der Waals surface area contributed by atoms with Crippen LogP contribution in [0, 0.1) is 30.3 Å². The molecule has 534 valence electrons. The molecule has 25 heteroatoms. The Labute approximate surface area is 593 Å². The van der Waals surface area contributed by atoms with Crippen molar-refractivity contribution >= 4 is 94.2 Å². The van der Waals surface area contributed by atoms with E-state index in [2.05, 4.69) is 64.0 Å². The van der Waals surface area contributed by atoms with Gasteiger partial charge in [-0.05, 0) is 139 Å². The number of quaternary nitrogens is 1. The molecule has 11 rings (SSSR count). The minimum absolute atomic E-state index is 0.0781. The molecule has 1 saturated heterocycles. The van der Waals surface area contributed by atoms with Gasteiger partial charge in [0.25, 0.3) is 37.3 Å². The van der Waals surface area contributed by atoms with E-state index in [0.29, 0.717) is 36.9 Å². The number of para-hydroxylation sites is 1. The number of non-ortho nitro benzene ring substituents is 3. The maximum atomic E-state index is 13.0. The SMILES string of the molecule is CC1(C)C(/C=C/C=C/C=C2\C(C)(C)c3c(ccc4cc(S(=O)(=O)O)ccc34)[N+]23CCCCC3C(=O)O)=[N+](Cc2cc([N+](=O)[O-])cc([N+](=O)[O-])c2)c2ccccc21.CCCCN1C(=CC=CC=CC2=[N+](CCCCCC(=O)O)c3ccc(S(=O)(=O)O)cc3C2(C)C)C(C)(C)c2cc([N+](=O)[O-])ccc21. The lowest BCUT2D eigenvalue weighted by atomic mass is 9.80. The van der Waals surface area contributed by atoms with E-state index < -0.39 is 69.7 Å². The van der Waals surface area contributed by atoms with E-state index in [1.807, 2.05) is 110 Å². The van der Waals surface area contributed by atoms with Gasteiger partial charge in [-0.3, -0.25) is 44.2 Å². The Morgan fingerprint density at radius 2 is 1.22 bits per heavy atom. The summed E-state index contributed by atoms with van der Waals surface area (Å²) >= 11 is 0. The quantitative estimate of drug-likeness (QED) is 0.00881. The molecule has 2 unspecified atom stereocenters. The number of allylic oxidation sites excluding steroid dienone is 12. The lowest BCUT2D eigenvalue weighted by Crippen LogP contribution is -2.61. The molecule has 0 aromatic heterocycles. The maximum absolute atomic E-state index is 13.0. The van der Waals surface area contributed by atoms with E-state index in [9.17, 15) is 71.0 Å². The van der Waals surface area contributed by atoms with Crippen molar-refractivity contribution in [3.63, 3.8) is 0 Å². The first-order valence-electron chi connectivity index (χ1n) is 34.0. The fourth-order valence-electron chi connectivity index (χ4n) is 15.8. The number of carboxylic acid groups (broad SMARTS) is 2. The van der Waals surface area contributed by atoms with Gasteiger partial charge < -0.3 is 15.1 Å². The van der Waals surface area contributed by atoms with Crippen molar-refractivity contribution in [3.8, 4) is 0 Å². The molecule has 5 aliphatic rings. The lowest BCUT2D eigenvalue weighted by molar-refractivity contribution is -0.455. The van der Waals surface area contributed by atoms with E-state index in [1.54, 1.807) is 30.3 Å². The average molecular weight is 1430 g/mol. The van der Waals surface area contributed by atoms with Crippen LogP contribution >= 0.6 is 0 Å². The van der Waals surface area contributed by atoms with Crippen LogP contribution < -0.4 is 9.38 Å². The Hall–Kier alpha value is -9.92. The van der Waals surface area contributed by atoms with Crippen LogP contribution in [0.3, 0.4) is 0 Å². The summed E-state index contributed by atoms with van der Waals surface area (Å²) in [5, 5.41) is 55.9. The monoisotopic (exact) mass is 1430 g/mol. The van der Waals surface area contributed by atoms with Gasteiger partial charge in [0.2, 0.25) is 11.4 Å². The normalized spacial score (nSPS) is 20.1. The predicted octanol–water partition coefficient (Wildman–Crippen LogP) is 15.9. The van der Waals surface area contributed by atoms with Gasteiger partial charge in [0.15, 0.2) is 24.0 Å². The molecule has 5 aliphatic heterocycles. The molecular formula is C77H86N7O16S2+3. The second-order valence-corrected chi connectivity index (χ2v) is 31.4.